The van der Waals surface area contributed by atoms with Gasteiger partial charge in [0, 0.05) is 57.0 Å². The van der Waals surface area contributed by atoms with Crippen LogP contribution in [0.1, 0.15) is 30.3 Å². The lowest BCUT2D eigenvalue weighted by Crippen LogP contribution is -2.59. The fourth-order valence-corrected chi connectivity index (χ4v) is 3.58. The second-order valence-corrected chi connectivity index (χ2v) is 7.58. The third kappa shape index (κ3) is 2.74. The zero-order chi connectivity index (χ0) is 17.7. The maximum absolute atomic E-state index is 4.80. The molecule has 136 valence electrons. The second-order valence-electron chi connectivity index (χ2n) is 7.58. The van der Waals surface area contributed by atoms with Crippen LogP contribution < -0.4 is 4.90 Å². The number of fused-ring (bicyclic) bond motifs is 1. The lowest BCUT2D eigenvalue weighted by molar-refractivity contribution is 0.205. The number of imidazole rings is 1. The summed E-state index contributed by atoms with van der Waals surface area (Å²) in [4.78, 5) is 8.97. The molecular formula is C18H24N8. The quantitative estimate of drug-likeness (QED) is 0.662. The van der Waals surface area contributed by atoms with E-state index in [1.54, 1.807) is 0 Å². The van der Waals surface area contributed by atoms with E-state index in [0.717, 1.165) is 43.3 Å². The van der Waals surface area contributed by atoms with Crippen LogP contribution in [0.25, 0.3) is 5.65 Å². The van der Waals surface area contributed by atoms with Gasteiger partial charge in [-0.15, -0.1) is 15.3 Å². The van der Waals surface area contributed by atoms with Gasteiger partial charge in [-0.1, -0.05) is 0 Å². The van der Waals surface area contributed by atoms with E-state index in [1.165, 1.54) is 18.5 Å². The van der Waals surface area contributed by atoms with E-state index in [-0.39, 0.29) is 0 Å². The smallest absolute Gasteiger partial charge is 0.178 e. The maximum Gasteiger partial charge on any atom is 0.178 e. The van der Waals surface area contributed by atoms with Gasteiger partial charge in [-0.05, 0) is 32.0 Å². The Kier molecular flexibility index (Phi) is 3.66. The summed E-state index contributed by atoms with van der Waals surface area (Å²) >= 11 is 0. The summed E-state index contributed by atoms with van der Waals surface area (Å²) in [5, 5.41) is 13.4. The predicted octanol–water partition coefficient (Wildman–Crippen LogP) is 1.10. The lowest BCUT2D eigenvalue weighted by atomic mass is 10.1. The van der Waals surface area contributed by atoms with Crippen molar-refractivity contribution in [3.63, 3.8) is 0 Å². The summed E-state index contributed by atoms with van der Waals surface area (Å²) < 4.78 is 4.03. The van der Waals surface area contributed by atoms with Crippen molar-refractivity contribution in [3.05, 3.63) is 36.2 Å². The first-order valence-corrected chi connectivity index (χ1v) is 9.32. The van der Waals surface area contributed by atoms with Crippen LogP contribution in [-0.2, 0) is 13.5 Å². The molecular weight excluding hydrogens is 328 g/mol. The second kappa shape index (κ2) is 6.05. The van der Waals surface area contributed by atoms with E-state index in [1.807, 2.05) is 23.1 Å². The van der Waals surface area contributed by atoms with Gasteiger partial charge in [0.1, 0.15) is 5.82 Å². The zero-order valence-corrected chi connectivity index (χ0v) is 15.3. The highest BCUT2D eigenvalue weighted by Crippen LogP contribution is 2.38. The number of aryl methyl sites for hydroxylation is 1. The fraction of sp³-hybridized carbons (Fsp3) is 0.556. The van der Waals surface area contributed by atoms with Crippen LogP contribution in [0.3, 0.4) is 0 Å². The van der Waals surface area contributed by atoms with Gasteiger partial charge < -0.3 is 9.47 Å². The van der Waals surface area contributed by atoms with Crippen LogP contribution in [0.5, 0.6) is 0 Å². The topological polar surface area (TPSA) is 67.4 Å². The van der Waals surface area contributed by atoms with E-state index in [0.29, 0.717) is 12.0 Å². The van der Waals surface area contributed by atoms with E-state index in [9.17, 15) is 0 Å². The largest absolute Gasteiger partial charge is 0.352 e. The average Bonchev–Trinajstić information content (AvgIpc) is 3.22. The third-order valence-corrected chi connectivity index (χ3v) is 5.66. The minimum atomic E-state index is 0.551. The minimum absolute atomic E-state index is 0.551. The molecule has 1 aliphatic heterocycles. The molecule has 8 nitrogen and oxygen atoms in total. The average molecular weight is 352 g/mol. The molecule has 0 amide bonds. The van der Waals surface area contributed by atoms with E-state index in [4.69, 9.17) is 5.10 Å². The van der Waals surface area contributed by atoms with Crippen molar-refractivity contribution in [1.82, 2.24) is 34.3 Å². The van der Waals surface area contributed by atoms with Crippen molar-refractivity contribution >= 4 is 11.5 Å². The Balaban J connectivity index is 1.21. The van der Waals surface area contributed by atoms with Crippen molar-refractivity contribution in [1.29, 1.82) is 0 Å². The number of hydrogen-bond acceptors (Lipinski definition) is 6. The Morgan fingerprint density at radius 3 is 2.77 bits per heavy atom. The molecule has 4 heterocycles. The number of anilines is 1. The van der Waals surface area contributed by atoms with Gasteiger partial charge in [0.15, 0.2) is 11.5 Å². The van der Waals surface area contributed by atoms with Crippen molar-refractivity contribution in [2.24, 2.45) is 7.05 Å². The highest BCUT2D eigenvalue weighted by atomic mass is 15.4. The number of aromatic nitrogens is 6. The van der Waals surface area contributed by atoms with Crippen molar-refractivity contribution in [3.8, 4) is 0 Å². The molecule has 0 radical (unpaired) electrons. The summed E-state index contributed by atoms with van der Waals surface area (Å²) in [6.45, 7) is 3.07. The molecule has 2 fully saturated rings. The molecule has 3 aromatic rings. The molecule has 5 rings (SSSR count). The zero-order valence-electron chi connectivity index (χ0n) is 15.3. The predicted molar refractivity (Wildman–Crippen MR) is 98.3 cm³/mol. The van der Waals surface area contributed by atoms with Crippen LogP contribution in [0, 0.1) is 0 Å². The summed E-state index contributed by atoms with van der Waals surface area (Å²) in [7, 11) is 4.26. The fourth-order valence-electron chi connectivity index (χ4n) is 3.58. The molecule has 26 heavy (non-hydrogen) atoms. The summed E-state index contributed by atoms with van der Waals surface area (Å²) in [5.74, 6) is 2.60. The molecule has 0 unspecified atom stereocenters. The van der Waals surface area contributed by atoms with Crippen molar-refractivity contribution in [2.75, 3.05) is 31.6 Å². The third-order valence-electron chi connectivity index (χ3n) is 5.66. The number of nitrogens with zero attached hydrogens (tertiary/aromatic N) is 8. The van der Waals surface area contributed by atoms with Gasteiger partial charge in [-0.2, -0.15) is 4.52 Å². The highest BCUT2D eigenvalue weighted by molar-refractivity contribution is 5.48. The Bertz CT molecular complexity index is 918. The molecule has 1 saturated carbocycles. The monoisotopic (exact) mass is 352 g/mol. The van der Waals surface area contributed by atoms with Crippen molar-refractivity contribution in [2.45, 2.75) is 31.2 Å². The number of likely N-dealkylation sites (N-methyl/N-ethyl adjacent to an activating group) is 1. The van der Waals surface area contributed by atoms with Crippen molar-refractivity contribution < 1.29 is 0 Å². The molecule has 0 aromatic carbocycles. The van der Waals surface area contributed by atoms with E-state index < -0.39 is 0 Å². The van der Waals surface area contributed by atoms with Crippen LogP contribution in [0.4, 0.5) is 5.82 Å². The first kappa shape index (κ1) is 15.7. The SMILES string of the molecule is CN(CCc1cncn1C)C1CN(c2ccc3nnc(C4CC4)n3n2)C1. The van der Waals surface area contributed by atoms with Crippen LogP contribution >= 0.6 is 0 Å². The van der Waals surface area contributed by atoms with E-state index in [2.05, 4.69) is 49.7 Å². The molecule has 0 atom stereocenters. The maximum atomic E-state index is 4.80. The standard InChI is InChI=1S/C18H24N8/c1-23(8-7-14-9-19-12-24(14)2)15-10-25(11-15)17-6-5-16-20-21-18(13-3-4-13)26(16)22-17/h5-6,9,12-13,15H,3-4,7-8,10-11H2,1-2H3. The Labute approximate surface area is 152 Å². The molecule has 1 saturated heterocycles. The number of hydrogen-bond donors (Lipinski definition) is 0. The minimum Gasteiger partial charge on any atom is -0.352 e. The molecule has 0 spiro atoms. The van der Waals surface area contributed by atoms with Gasteiger partial charge in [-0.25, -0.2) is 4.98 Å². The van der Waals surface area contributed by atoms with Gasteiger partial charge in [0.25, 0.3) is 0 Å². The molecule has 1 aliphatic carbocycles. The number of rotatable bonds is 6. The molecule has 0 N–H and O–H groups in total. The first-order valence-electron chi connectivity index (χ1n) is 9.32. The van der Waals surface area contributed by atoms with Gasteiger partial charge in [0.2, 0.25) is 0 Å². The summed E-state index contributed by atoms with van der Waals surface area (Å²) in [5.41, 5.74) is 2.13. The van der Waals surface area contributed by atoms with Gasteiger partial charge in [-0.3, -0.25) is 4.90 Å². The summed E-state index contributed by atoms with van der Waals surface area (Å²) in [6, 6.07) is 4.66. The van der Waals surface area contributed by atoms with Crippen LogP contribution in [-0.4, -0.2) is 67.0 Å². The molecule has 3 aromatic heterocycles. The lowest BCUT2D eigenvalue weighted by Gasteiger charge is -2.44. The Morgan fingerprint density at radius 1 is 1.19 bits per heavy atom. The molecule has 8 heteroatoms. The molecule has 2 aliphatic rings. The van der Waals surface area contributed by atoms with Crippen LogP contribution in [0.2, 0.25) is 0 Å². The van der Waals surface area contributed by atoms with Gasteiger partial charge >= 0.3 is 0 Å². The Morgan fingerprint density at radius 2 is 2.04 bits per heavy atom. The Hall–Kier alpha value is -2.48. The highest BCUT2D eigenvalue weighted by Gasteiger charge is 2.32. The first-order chi connectivity index (χ1) is 12.7. The van der Waals surface area contributed by atoms with Crippen LogP contribution in [0.15, 0.2) is 24.7 Å². The normalized spacial score (nSPS) is 18.0. The van der Waals surface area contributed by atoms with Gasteiger partial charge in [0.05, 0.1) is 6.33 Å². The molecule has 0 bridgehead atoms. The summed E-state index contributed by atoms with van der Waals surface area (Å²) in [6.07, 6.45) is 7.26. The van der Waals surface area contributed by atoms with E-state index >= 15 is 0 Å².